The van der Waals surface area contributed by atoms with Crippen molar-refractivity contribution in [2.24, 2.45) is 0 Å². The zero-order chi connectivity index (χ0) is 29.6. The van der Waals surface area contributed by atoms with Gasteiger partial charge in [-0.3, -0.25) is 9.78 Å². The van der Waals surface area contributed by atoms with Crippen molar-refractivity contribution >= 4 is 57.0 Å². The van der Waals surface area contributed by atoms with E-state index in [-0.39, 0.29) is 33.0 Å². The third-order valence-corrected chi connectivity index (χ3v) is 7.36. The average Bonchev–Trinajstić information content (AvgIpc) is 3.69. The third-order valence-electron chi connectivity index (χ3n) is 6.76. The Labute approximate surface area is 246 Å². The first-order valence-electron chi connectivity index (χ1n) is 13.2. The molecule has 41 heavy (non-hydrogen) atoms. The molecule has 0 unspecified atom stereocenters. The molecule has 0 saturated heterocycles. The first-order chi connectivity index (χ1) is 20.2. The molecule has 2 N–H and O–H groups in total. The minimum atomic E-state index is -1.68. The molecule has 1 aliphatic rings. The van der Waals surface area contributed by atoms with Crippen molar-refractivity contribution in [2.45, 2.75) is 31.8 Å². The highest BCUT2D eigenvalue weighted by molar-refractivity contribution is 6.36. The average molecular weight is 587 g/mol. The lowest BCUT2D eigenvalue weighted by Crippen LogP contribution is -2.13. The number of fused-ring (bicyclic) bond motifs is 1. The molecule has 0 amide bonds. The second-order valence-corrected chi connectivity index (χ2v) is 10.5. The van der Waals surface area contributed by atoms with Crippen molar-refractivity contribution in [1.82, 2.24) is 20.0 Å². The van der Waals surface area contributed by atoms with Gasteiger partial charge < -0.3 is 10.6 Å². The van der Waals surface area contributed by atoms with Crippen molar-refractivity contribution < 1.29 is 10.6 Å². The molecule has 0 radical (unpaired) electrons. The molecule has 204 valence electrons. The van der Waals surface area contributed by atoms with E-state index < -0.39 is 11.8 Å². The van der Waals surface area contributed by atoms with E-state index in [2.05, 4.69) is 32.0 Å². The normalized spacial score (nSPS) is 14.7. The van der Waals surface area contributed by atoms with Crippen LogP contribution in [0.1, 0.15) is 60.4 Å². The van der Waals surface area contributed by atoms with Gasteiger partial charge in [-0.25, -0.2) is 9.07 Å². The van der Waals surface area contributed by atoms with Gasteiger partial charge in [0.15, 0.2) is 5.78 Å². The quantitative estimate of drug-likeness (QED) is 0.180. The van der Waals surface area contributed by atoms with Crippen molar-refractivity contribution in [3.05, 3.63) is 105 Å². The van der Waals surface area contributed by atoms with Gasteiger partial charge in [0.2, 0.25) is 0 Å². The van der Waals surface area contributed by atoms with Crippen molar-refractivity contribution in [2.75, 3.05) is 10.6 Å². The number of halogens is 3. The van der Waals surface area contributed by atoms with Crippen molar-refractivity contribution in [3.63, 3.8) is 0 Å². The van der Waals surface area contributed by atoms with Crippen molar-refractivity contribution in [1.29, 1.82) is 5.26 Å². The molecule has 8 nitrogen and oxygen atoms in total. The van der Waals surface area contributed by atoms with Crippen LogP contribution >= 0.6 is 23.2 Å². The molecule has 0 aliphatic heterocycles. The van der Waals surface area contributed by atoms with Crippen LogP contribution in [-0.2, 0) is 0 Å². The van der Waals surface area contributed by atoms with Crippen LogP contribution in [0.2, 0.25) is 10.0 Å². The maximum absolute atomic E-state index is 13.8. The van der Waals surface area contributed by atoms with E-state index in [0.29, 0.717) is 39.2 Å². The van der Waals surface area contributed by atoms with E-state index in [0.717, 1.165) is 12.8 Å². The number of nitrogens with one attached hydrogen (secondary N) is 2. The molecule has 1 saturated carbocycles. The predicted octanol–water partition coefficient (Wildman–Crippen LogP) is 7.63. The summed E-state index contributed by atoms with van der Waals surface area (Å²) < 4.78 is 25.1. The fraction of sp³-hybridized carbons (Fsp3) is 0.167. The van der Waals surface area contributed by atoms with E-state index in [1.165, 1.54) is 37.4 Å². The molecule has 0 bridgehead atoms. The highest BCUT2D eigenvalue weighted by atomic mass is 35.5. The van der Waals surface area contributed by atoms with Gasteiger partial charge in [-0.2, -0.15) is 5.26 Å². The van der Waals surface area contributed by atoms with Gasteiger partial charge in [-0.05, 0) is 61.7 Å². The maximum Gasteiger partial charge on any atom is 0.163 e. The number of carbonyl (C=O) groups excluding carboxylic acids is 1. The van der Waals surface area contributed by atoms with Crippen LogP contribution in [-0.4, -0.2) is 25.8 Å². The first-order valence-corrected chi connectivity index (χ1v) is 13.5. The number of rotatable bonds is 8. The fourth-order valence-electron chi connectivity index (χ4n) is 4.63. The molecular formula is C30H22Cl2FN7O. The highest BCUT2D eigenvalue weighted by Crippen LogP contribution is 2.39. The molecule has 1 fully saturated rings. The molecular weight excluding hydrogens is 564 g/mol. The Morgan fingerprint density at radius 3 is 2.68 bits per heavy atom. The summed E-state index contributed by atoms with van der Waals surface area (Å²) in [5, 5.41) is 25.8. The van der Waals surface area contributed by atoms with Gasteiger partial charge in [-0.15, -0.1) is 5.10 Å². The number of hydrogen-bond donors (Lipinski definition) is 2. The van der Waals surface area contributed by atoms with Crippen LogP contribution in [0.5, 0.6) is 0 Å². The SMILES string of the molecule is [2H][C@@](Nc1cc(Cl)c2ncc(C#N)c(Nc3cccc(Cl)c3C(C)=O)c2c1)(c1ccc(F)cc1)c1cn(C2CC2)nn1. The van der Waals surface area contributed by atoms with E-state index in [1.54, 1.807) is 41.2 Å². The number of nitriles is 1. The summed E-state index contributed by atoms with van der Waals surface area (Å²) >= 11 is 13.0. The summed E-state index contributed by atoms with van der Waals surface area (Å²) in [6.45, 7) is 1.41. The lowest BCUT2D eigenvalue weighted by Gasteiger charge is -2.20. The summed E-state index contributed by atoms with van der Waals surface area (Å²) in [7, 11) is 0. The first kappa shape index (κ1) is 25.4. The van der Waals surface area contributed by atoms with Gasteiger partial charge in [0.1, 0.15) is 17.6 Å². The Morgan fingerprint density at radius 1 is 1.20 bits per heavy atom. The number of anilines is 3. The molecule has 1 aliphatic carbocycles. The standard InChI is InChI=1S/C30H22Cl2FN7O/c1-16(41)27-23(31)3-2-4-25(27)37-28-18(13-34)14-35-30-22(28)11-20(12-24(30)32)36-29(17-5-7-19(33)8-6-17)26-15-40(39-38-26)21-9-10-21/h2-8,11-12,14-15,21,29,36H,9-10H2,1H3,(H,35,37)/t29-/m1/s1/i29D. The predicted molar refractivity (Wildman–Crippen MR) is 156 cm³/mol. The Hall–Kier alpha value is -4.52. The zero-order valence-corrected chi connectivity index (χ0v) is 23.1. The summed E-state index contributed by atoms with van der Waals surface area (Å²) in [4.78, 5) is 16.8. The Morgan fingerprint density at radius 2 is 1.98 bits per heavy atom. The summed E-state index contributed by atoms with van der Waals surface area (Å²) in [6, 6.07) is 14.6. The van der Waals surface area contributed by atoms with Crippen molar-refractivity contribution in [3.8, 4) is 6.07 Å². The van der Waals surface area contributed by atoms with E-state index in [1.807, 2.05) is 0 Å². The number of nitrogens with zero attached hydrogens (tertiary/aromatic N) is 5. The second-order valence-electron chi connectivity index (χ2n) is 9.68. The van der Waals surface area contributed by atoms with Gasteiger partial charge in [0, 0.05) is 17.3 Å². The number of carbonyl (C=O) groups is 1. The van der Waals surface area contributed by atoms with Crippen LogP contribution in [0, 0.1) is 17.1 Å². The smallest absolute Gasteiger partial charge is 0.163 e. The molecule has 3 aromatic carbocycles. The number of ketones is 1. The number of aromatic nitrogens is 4. The minimum absolute atomic E-state index is 0.202. The molecule has 2 aromatic heterocycles. The van der Waals surface area contributed by atoms with Crippen LogP contribution in [0.3, 0.4) is 0 Å². The summed E-state index contributed by atoms with van der Waals surface area (Å²) in [5.41, 5.74) is 2.78. The summed E-state index contributed by atoms with van der Waals surface area (Å²) in [6.07, 6.45) is 5.08. The van der Waals surface area contributed by atoms with Gasteiger partial charge in [0.05, 0.1) is 57.7 Å². The lowest BCUT2D eigenvalue weighted by molar-refractivity contribution is 0.101. The van der Waals surface area contributed by atoms with E-state index in [4.69, 9.17) is 23.2 Å². The molecule has 11 heteroatoms. The summed E-state index contributed by atoms with van der Waals surface area (Å²) in [5.74, 6) is -0.689. The Bertz CT molecular complexity index is 1900. The monoisotopic (exact) mass is 586 g/mol. The van der Waals surface area contributed by atoms with Gasteiger partial charge in [0.25, 0.3) is 0 Å². The van der Waals surface area contributed by atoms with Crippen LogP contribution < -0.4 is 10.6 Å². The van der Waals surface area contributed by atoms with Gasteiger partial charge >= 0.3 is 0 Å². The van der Waals surface area contributed by atoms with Crippen LogP contribution in [0.25, 0.3) is 10.9 Å². The molecule has 2 heterocycles. The third kappa shape index (κ3) is 5.32. The number of pyridine rings is 1. The Balaban J connectivity index is 1.49. The topological polar surface area (TPSA) is 109 Å². The largest absolute Gasteiger partial charge is 0.373 e. The number of hydrogen-bond acceptors (Lipinski definition) is 7. The second kappa shape index (κ2) is 10.8. The van der Waals surface area contributed by atoms with E-state index >= 15 is 0 Å². The fourth-order valence-corrected chi connectivity index (χ4v) is 5.20. The lowest BCUT2D eigenvalue weighted by atomic mass is 10.0. The number of Topliss-reactive ketones (excluding diaryl/α,β-unsaturated/α-hetero) is 1. The van der Waals surface area contributed by atoms with E-state index in [9.17, 15) is 15.8 Å². The van der Waals surface area contributed by atoms with Crippen LogP contribution in [0.4, 0.5) is 21.5 Å². The number of benzene rings is 3. The highest BCUT2D eigenvalue weighted by Gasteiger charge is 2.27. The van der Waals surface area contributed by atoms with Gasteiger partial charge in [-0.1, -0.05) is 46.6 Å². The molecule has 6 rings (SSSR count). The Kier molecular flexibility index (Phi) is 6.71. The van der Waals surface area contributed by atoms with Crippen LogP contribution in [0.15, 0.2) is 67.0 Å². The molecule has 5 aromatic rings. The zero-order valence-electron chi connectivity index (χ0n) is 22.6. The maximum atomic E-state index is 13.8. The molecule has 1 atom stereocenters. The molecule has 0 spiro atoms. The minimum Gasteiger partial charge on any atom is -0.373 e.